The lowest BCUT2D eigenvalue weighted by molar-refractivity contribution is 0.575. The maximum Gasteiger partial charge on any atom is 0.0344 e. The molecule has 0 saturated carbocycles. The lowest BCUT2D eigenvalue weighted by Crippen LogP contribution is -2.38. The van der Waals surface area contributed by atoms with Gasteiger partial charge in [0.05, 0.1) is 0 Å². The van der Waals surface area contributed by atoms with E-state index in [0.717, 1.165) is 12.2 Å². The highest BCUT2D eigenvalue weighted by Crippen LogP contribution is 2.19. The van der Waals surface area contributed by atoms with E-state index >= 15 is 0 Å². The molecule has 0 aliphatic carbocycles. The van der Waals surface area contributed by atoms with Crippen LogP contribution in [0.15, 0.2) is 53.4 Å². The third-order valence-electron chi connectivity index (χ3n) is 3.19. The van der Waals surface area contributed by atoms with Crippen molar-refractivity contribution in [3.8, 4) is 0 Å². The van der Waals surface area contributed by atoms with E-state index in [4.69, 9.17) is 5.84 Å². The maximum atomic E-state index is 5.70. The molecular formula is C17H22N2S. The largest absolute Gasteiger partial charge is 0.271 e. The van der Waals surface area contributed by atoms with Crippen molar-refractivity contribution in [2.75, 3.05) is 5.75 Å². The molecule has 2 nitrogen and oxygen atoms in total. The lowest BCUT2D eigenvalue weighted by Gasteiger charge is -2.16. The van der Waals surface area contributed by atoms with Crippen LogP contribution < -0.4 is 11.3 Å². The van der Waals surface area contributed by atoms with Crippen molar-refractivity contribution in [2.24, 2.45) is 5.84 Å². The molecule has 0 spiro atoms. The van der Waals surface area contributed by atoms with E-state index < -0.39 is 0 Å². The zero-order chi connectivity index (χ0) is 14.4. The average molecular weight is 286 g/mol. The van der Waals surface area contributed by atoms with Crippen molar-refractivity contribution in [3.05, 3.63) is 65.2 Å². The van der Waals surface area contributed by atoms with E-state index in [-0.39, 0.29) is 6.04 Å². The Hall–Kier alpha value is -1.29. The van der Waals surface area contributed by atoms with Gasteiger partial charge in [0.2, 0.25) is 0 Å². The number of nitrogens with two attached hydrogens (primary N) is 1. The van der Waals surface area contributed by atoms with Gasteiger partial charge in [0.15, 0.2) is 0 Å². The van der Waals surface area contributed by atoms with Gasteiger partial charge in [-0.15, -0.1) is 11.8 Å². The zero-order valence-electron chi connectivity index (χ0n) is 12.1. The summed E-state index contributed by atoms with van der Waals surface area (Å²) in [5, 5.41) is 0. The van der Waals surface area contributed by atoms with Crippen LogP contribution in [0.5, 0.6) is 0 Å². The van der Waals surface area contributed by atoms with Crippen molar-refractivity contribution >= 4 is 11.8 Å². The van der Waals surface area contributed by atoms with Crippen molar-refractivity contribution in [2.45, 2.75) is 31.2 Å². The Balaban J connectivity index is 1.95. The summed E-state index contributed by atoms with van der Waals surface area (Å²) >= 11 is 1.84. The second-order valence-corrected chi connectivity index (χ2v) is 6.28. The first-order valence-corrected chi connectivity index (χ1v) is 7.87. The van der Waals surface area contributed by atoms with Crippen LogP contribution in [-0.4, -0.2) is 11.8 Å². The topological polar surface area (TPSA) is 38.0 Å². The minimum absolute atomic E-state index is 0.279. The molecule has 106 valence electrons. The van der Waals surface area contributed by atoms with E-state index in [1.165, 1.54) is 21.6 Å². The van der Waals surface area contributed by atoms with Crippen LogP contribution >= 0.6 is 11.8 Å². The summed E-state index contributed by atoms with van der Waals surface area (Å²) in [7, 11) is 0. The van der Waals surface area contributed by atoms with Gasteiger partial charge in [0.1, 0.15) is 0 Å². The number of benzene rings is 2. The standard InChI is InChI=1S/C17H22N2S/c1-13-8-14(2)10-15(9-13)11-16(19-18)12-20-17-6-4-3-5-7-17/h3-10,16,19H,11-12,18H2,1-2H3. The molecule has 20 heavy (non-hydrogen) atoms. The molecule has 3 N–H and O–H groups in total. The molecule has 1 unspecified atom stereocenters. The van der Waals surface area contributed by atoms with Gasteiger partial charge in [-0.05, 0) is 38.0 Å². The Bertz CT molecular complexity index is 520. The first-order chi connectivity index (χ1) is 9.67. The number of hydrazine groups is 1. The summed E-state index contributed by atoms with van der Waals surface area (Å²) in [4.78, 5) is 1.29. The summed E-state index contributed by atoms with van der Waals surface area (Å²) in [5.74, 6) is 6.66. The number of rotatable bonds is 6. The fourth-order valence-electron chi connectivity index (χ4n) is 2.35. The molecule has 0 radical (unpaired) electrons. The predicted molar refractivity (Wildman–Crippen MR) is 87.9 cm³/mol. The number of hydrogen-bond acceptors (Lipinski definition) is 3. The third-order valence-corrected chi connectivity index (χ3v) is 4.37. The predicted octanol–water partition coefficient (Wildman–Crippen LogP) is 3.47. The highest BCUT2D eigenvalue weighted by atomic mass is 32.2. The van der Waals surface area contributed by atoms with Gasteiger partial charge in [-0.2, -0.15) is 0 Å². The molecule has 2 aromatic rings. The summed E-state index contributed by atoms with van der Waals surface area (Å²) < 4.78 is 0. The molecule has 3 heteroatoms. The van der Waals surface area contributed by atoms with Crippen LogP contribution in [0.2, 0.25) is 0 Å². The summed E-state index contributed by atoms with van der Waals surface area (Å²) in [6.45, 7) is 4.28. The Labute approximate surface area is 125 Å². The molecular weight excluding hydrogens is 264 g/mol. The van der Waals surface area contributed by atoms with Gasteiger partial charge in [-0.25, -0.2) is 0 Å². The average Bonchev–Trinajstić information content (AvgIpc) is 2.43. The van der Waals surface area contributed by atoms with Gasteiger partial charge < -0.3 is 0 Å². The summed E-state index contributed by atoms with van der Waals surface area (Å²) in [6.07, 6.45) is 0.957. The number of hydrogen-bond donors (Lipinski definition) is 2. The van der Waals surface area contributed by atoms with Crippen LogP contribution in [0.1, 0.15) is 16.7 Å². The SMILES string of the molecule is Cc1cc(C)cc(CC(CSc2ccccc2)NN)c1. The van der Waals surface area contributed by atoms with Gasteiger partial charge in [0.25, 0.3) is 0 Å². The second kappa shape index (κ2) is 7.48. The number of nitrogens with one attached hydrogen (secondary N) is 1. The van der Waals surface area contributed by atoms with Crippen LogP contribution in [0, 0.1) is 13.8 Å². The fourth-order valence-corrected chi connectivity index (χ4v) is 3.31. The van der Waals surface area contributed by atoms with Crippen molar-refractivity contribution < 1.29 is 0 Å². The van der Waals surface area contributed by atoms with Crippen LogP contribution in [0.25, 0.3) is 0 Å². The maximum absolute atomic E-state index is 5.70. The second-order valence-electron chi connectivity index (χ2n) is 5.19. The smallest absolute Gasteiger partial charge is 0.0344 e. The normalized spacial score (nSPS) is 12.3. The van der Waals surface area contributed by atoms with Crippen molar-refractivity contribution in [1.82, 2.24) is 5.43 Å². The van der Waals surface area contributed by atoms with Gasteiger partial charge >= 0.3 is 0 Å². The Morgan fingerprint density at radius 1 is 1.05 bits per heavy atom. The molecule has 2 rings (SSSR count). The highest BCUT2D eigenvalue weighted by Gasteiger charge is 2.09. The Kier molecular flexibility index (Phi) is 5.65. The molecule has 0 aromatic heterocycles. The molecule has 0 aliphatic heterocycles. The van der Waals surface area contributed by atoms with E-state index in [1.54, 1.807) is 0 Å². The molecule has 0 aliphatic rings. The minimum atomic E-state index is 0.279. The van der Waals surface area contributed by atoms with E-state index in [9.17, 15) is 0 Å². The van der Waals surface area contributed by atoms with Crippen molar-refractivity contribution in [1.29, 1.82) is 0 Å². The lowest BCUT2D eigenvalue weighted by atomic mass is 10.0. The van der Waals surface area contributed by atoms with Crippen LogP contribution in [0.4, 0.5) is 0 Å². The van der Waals surface area contributed by atoms with Crippen LogP contribution in [0.3, 0.4) is 0 Å². The monoisotopic (exact) mass is 286 g/mol. The molecule has 1 atom stereocenters. The quantitative estimate of drug-likeness (QED) is 0.485. The minimum Gasteiger partial charge on any atom is -0.271 e. The number of aryl methyl sites for hydroxylation is 2. The number of thioether (sulfide) groups is 1. The fraction of sp³-hybridized carbons (Fsp3) is 0.294. The molecule has 0 bridgehead atoms. The van der Waals surface area contributed by atoms with E-state index in [2.05, 4.69) is 61.7 Å². The molecule has 0 saturated heterocycles. The third kappa shape index (κ3) is 4.67. The van der Waals surface area contributed by atoms with Gasteiger partial charge in [-0.3, -0.25) is 11.3 Å². The first-order valence-electron chi connectivity index (χ1n) is 6.88. The van der Waals surface area contributed by atoms with E-state index in [1.807, 2.05) is 17.8 Å². The van der Waals surface area contributed by atoms with Crippen LogP contribution in [-0.2, 0) is 6.42 Å². The highest BCUT2D eigenvalue weighted by molar-refractivity contribution is 7.99. The molecule has 0 heterocycles. The molecule has 0 fully saturated rings. The molecule has 2 aromatic carbocycles. The van der Waals surface area contributed by atoms with Crippen molar-refractivity contribution in [3.63, 3.8) is 0 Å². The van der Waals surface area contributed by atoms with E-state index in [0.29, 0.717) is 0 Å². The first kappa shape index (κ1) is 15.1. The summed E-state index contributed by atoms with van der Waals surface area (Å²) in [5.41, 5.74) is 6.91. The Morgan fingerprint density at radius 3 is 2.30 bits per heavy atom. The zero-order valence-corrected chi connectivity index (χ0v) is 12.9. The summed E-state index contributed by atoms with van der Waals surface area (Å²) in [6, 6.07) is 17.4. The Morgan fingerprint density at radius 2 is 1.70 bits per heavy atom. The van der Waals surface area contributed by atoms with Gasteiger partial charge in [0, 0.05) is 16.7 Å². The molecule has 0 amide bonds. The van der Waals surface area contributed by atoms with Gasteiger partial charge in [-0.1, -0.05) is 47.5 Å².